The van der Waals surface area contributed by atoms with Crippen LogP contribution in [0.4, 0.5) is 10.5 Å². The van der Waals surface area contributed by atoms with E-state index in [0.29, 0.717) is 0 Å². The molecule has 3 N–H and O–H groups in total. The molecule has 0 fully saturated rings. The van der Waals surface area contributed by atoms with E-state index in [2.05, 4.69) is 16.0 Å². The van der Waals surface area contributed by atoms with Crippen LogP contribution in [0.1, 0.15) is 0 Å². The first-order valence-corrected chi connectivity index (χ1v) is 6.60. The summed E-state index contributed by atoms with van der Waals surface area (Å²) in [4.78, 5) is 22.4. The third kappa shape index (κ3) is 4.35. The Balaban J connectivity index is 1.91. The molecular formula is C16H17N3O2. The van der Waals surface area contributed by atoms with E-state index in [1.54, 1.807) is 0 Å². The van der Waals surface area contributed by atoms with E-state index in [-0.39, 0.29) is 12.5 Å². The second-order valence-electron chi connectivity index (χ2n) is 4.42. The summed E-state index contributed by atoms with van der Waals surface area (Å²) >= 11 is 0. The SMILES string of the molecule is CNC(=O)NC(=O)CNc1ccc(-c2ccccc2)cc1. The molecule has 0 aromatic heterocycles. The summed E-state index contributed by atoms with van der Waals surface area (Å²) in [5.74, 6) is -0.388. The molecule has 0 unspecified atom stereocenters. The van der Waals surface area contributed by atoms with Crippen molar-refractivity contribution >= 4 is 17.6 Å². The molecule has 0 atom stereocenters. The van der Waals surface area contributed by atoms with Gasteiger partial charge < -0.3 is 10.6 Å². The number of carbonyl (C=O) groups excluding carboxylic acids is 2. The Labute approximate surface area is 123 Å². The van der Waals surface area contributed by atoms with Crippen molar-refractivity contribution in [2.75, 3.05) is 18.9 Å². The molecule has 5 nitrogen and oxygen atoms in total. The van der Waals surface area contributed by atoms with Gasteiger partial charge in [0.15, 0.2) is 0 Å². The number of anilines is 1. The minimum atomic E-state index is -0.513. The van der Waals surface area contributed by atoms with E-state index in [1.807, 2.05) is 54.6 Å². The van der Waals surface area contributed by atoms with E-state index in [9.17, 15) is 9.59 Å². The van der Waals surface area contributed by atoms with Gasteiger partial charge in [-0.3, -0.25) is 10.1 Å². The highest BCUT2D eigenvalue weighted by Crippen LogP contribution is 2.20. The van der Waals surface area contributed by atoms with Gasteiger partial charge >= 0.3 is 6.03 Å². The van der Waals surface area contributed by atoms with Crippen LogP contribution in [0, 0.1) is 0 Å². The van der Waals surface area contributed by atoms with Crippen molar-refractivity contribution in [1.82, 2.24) is 10.6 Å². The first-order chi connectivity index (χ1) is 10.2. The van der Waals surface area contributed by atoms with Crippen molar-refractivity contribution in [3.8, 4) is 11.1 Å². The number of carbonyl (C=O) groups is 2. The molecule has 2 aromatic rings. The number of hydrogen-bond donors (Lipinski definition) is 3. The lowest BCUT2D eigenvalue weighted by Crippen LogP contribution is -2.40. The molecule has 0 saturated carbocycles. The number of benzene rings is 2. The second kappa shape index (κ2) is 7.09. The van der Waals surface area contributed by atoms with Gasteiger partial charge in [0.2, 0.25) is 5.91 Å². The molecule has 0 heterocycles. The molecule has 21 heavy (non-hydrogen) atoms. The Morgan fingerprint density at radius 3 is 2.14 bits per heavy atom. The van der Waals surface area contributed by atoms with E-state index in [1.165, 1.54) is 7.05 Å². The van der Waals surface area contributed by atoms with E-state index in [0.717, 1.165) is 16.8 Å². The van der Waals surface area contributed by atoms with Gasteiger partial charge in [-0.05, 0) is 23.3 Å². The summed E-state index contributed by atoms with van der Waals surface area (Å²) in [6.45, 7) is 0.0398. The Hall–Kier alpha value is -2.82. The van der Waals surface area contributed by atoms with Gasteiger partial charge in [-0.2, -0.15) is 0 Å². The smallest absolute Gasteiger partial charge is 0.321 e. The van der Waals surface area contributed by atoms with Gasteiger partial charge in [-0.25, -0.2) is 4.79 Å². The molecule has 0 spiro atoms. The molecule has 0 aliphatic rings. The predicted molar refractivity (Wildman–Crippen MR) is 83.0 cm³/mol. The molecule has 0 saturated heterocycles. The van der Waals surface area contributed by atoms with Gasteiger partial charge in [0.25, 0.3) is 0 Å². The summed E-state index contributed by atoms with van der Waals surface area (Å²) in [6, 6.07) is 17.3. The molecule has 0 aliphatic carbocycles. The Bertz CT molecular complexity index is 609. The largest absolute Gasteiger partial charge is 0.376 e. The zero-order chi connectivity index (χ0) is 15.1. The van der Waals surface area contributed by atoms with E-state index < -0.39 is 6.03 Å². The molecule has 5 heteroatoms. The fourth-order valence-corrected chi connectivity index (χ4v) is 1.83. The van der Waals surface area contributed by atoms with Gasteiger partial charge in [0.1, 0.15) is 0 Å². The molecule has 0 bridgehead atoms. The fourth-order valence-electron chi connectivity index (χ4n) is 1.83. The van der Waals surface area contributed by atoms with E-state index >= 15 is 0 Å². The van der Waals surface area contributed by atoms with Gasteiger partial charge in [-0.1, -0.05) is 42.5 Å². The van der Waals surface area contributed by atoms with Gasteiger partial charge in [-0.15, -0.1) is 0 Å². The first kappa shape index (κ1) is 14.6. The van der Waals surface area contributed by atoms with Crippen molar-refractivity contribution < 1.29 is 9.59 Å². The van der Waals surface area contributed by atoms with Crippen LogP contribution in [0.25, 0.3) is 11.1 Å². The van der Waals surface area contributed by atoms with Crippen molar-refractivity contribution in [1.29, 1.82) is 0 Å². The number of urea groups is 1. The Kier molecular flexibility index (Phi) is 4.93. The standard InChI is InChI=1S/C16H17N3O2/c1-17-16(21)19-15(20)11-18-14-9-7-13(8-10-14)12-5-3-2-4-6-12/h2-10,18H,11H2,1H3,(H2,17,19,20,21). The third-order valence-corrected chi connectivity index (χ3v) is 2.93. The van der Waals surface area contributed by atoms with Crippen LogP contribution in [-0.4, -0.2) is 25.5 Å². The van der Waals surface area contributed by atoms with Crippen LogP contribution in [0.15, 0.2) is 54.6 Å². The summed E-state index contributed by atoms with van der Waals surface area (Å²) in [7, 11) is 1.46. The van der Waals surface area contributed by atoms with Crippen LogP contribution in [-0.2, 0) is 4.79 Å². The van der Waals surface area contributed by atoms with Gasteiger partial charge in [0.05, 0.1) is 6.54 Å². The first-order valence-electron chi connectivity index (χ1n) is 6.60. The number of rotatable bonds is 4. The van der Waals surface area contributed by atoms with Crippen molar-refractivity contribution in [2.24, 2.45) is 0 Å². The third-order valence-electron chi connectivity index (χ3n) is 2.93. The molecule has 2 aromatic carbocycles. The van der Waals surface area contributed by atoms with Crippen molar-refractivity contribution in [2.45, 2.75) is 0 Å². The Morgan fingerprint density at radius 1 is 0.905 bits per heavy atom. The normalized spacial score (nSPS) is 9.76. The number of amides is 3. The van der Waals surface area contributed by atoms with Crippen LogP contribution in [0.5, 0.6) is 0 Å². The van der Waals surface area contributed by atoms with Crippen LogP contribution < -0.4 is 16.0 Å². The zero-order valence-electron chi connectivity index (χ0n) is 11.7. The highest BCUT2D eigenvalue weighted by atomic mass is 16.2. The van der Waals surface area contributed by atoms with E-state index in [4.69, 9.17) is 0 Å². The molecule has 2 rings (SSSR count). The lowest BCUT2D eigenvalue weighted by Gasteiger charge is -2.08. The van der Waals surface area contributed by atoms with Crippen molar-refractivity contribution in [3.05, 3.63) is 54.6 Å². The average Bonchev–Trinajstić information content (AvgIpc) is 2.54. The summed E-state index contributed by atoms with van der Waals surface area (Å²) in [5, 5.41) is 7.47. The molecule has 3 amide bonds. The fraction of sp³-hybridized carbons (Fsp3) is 0.125. The molecular weight excluding hydrogens is 266 g/mol. The highest BCUT2D eigenvalue weighted by Gasteiger charge is 2.05. The number of nitrogens with one attached hydrogen (secondary N) is 3. The van der Waals surface area contributed by atoms with Crippen LogP contribution in [0.3, 0.4) is 0 Å². The lowest BCUT2D eigenvalue weighted by molar-refractivity contribution is -0.118. The minimum Gasteiger partial charge on any atom is -0.376 e. The molecule has 0 radical (unpaired) electrons. The Morgan fingerprint density at radius 2 is 1.52 bits per heavy atom. The monoisotopic (exact) mass is 283 g/mol. The second-order valence-corrected chi connectivity index (χ2v) is 4.42. The topological polar surface area (TPSA) is 70.2 Å². The quantitative estimate of drug-likeness (QED) is 0.805. The average molecular weight is 283 g/mol. The summed E-state index contributed by atoms with van der Waals surface area (Å²) in [6.07, 6.45) is 0. The maximum atomic E-state index is 11.4. The highest BCUT2D eigenvalue weighted by molar-refractivity contribution is 5.96. The van der Waals surface area contributed by atoms with Gasteiger partial charge in [0, 0.05) is 12.7 Å². The zero-order valence-corrected chi connectivity index (χ0v) is 11.7. The predicted octanol–water partition coefficient (Wildman–Crippen LogP) is 2.22. The summed E-state index contributed by atoms with van der Waals surface area (Å²) < 4.78 is 0. The molecule has 108 valence electrons. The maximum absolute atomic E-state index is 11.4. The summed E-state index contributed by atoms with van der Waals surface area (Å²) in [5.41, 5.74) is 3.07. The maximum Gasteiger partial charge on any atom is 0.321 e. The number of imide groups is 1. The lowest BCUT2D eigenvalue weighted by atomic mass is 10.1. The number of hydrogen-bond acceptors (Lipinski definition) is 3. The van der Waals surface area contributed by atoms with Crippen LogP contribution in [0.2, 0.25) is 0 Å². The molecule has 0 aliphatic heterocycles. The van der Waals surface area contributed by atoms with Crippen molar-refractivity contribution in [3.63, 3.8) is 0 Å². The minimum absolute atomic E-state index is 0.0398. The van der Waals surface area contributed by atoms with Crippen LogP contribution >= 0.6 is 0 Å².